The maximum absolute atomic E-state index is 3.57. The van der Waals surface area contributed by atoms with Crippen LogP contribution in [0.1, 0.15) is 32.6 Å². The number of halogens is 1. The van der Waals surface area contributed by atoms with Gasteiger partial charge in [-0.25, -0.2) is 0 Å². The minimum absolute atomic E-state index is 0.685. The van der Waals surface area contributed by atoms with Crippen LogP contribution in [0.15, 0.2) is 0 Å². The lowest BCUT2D eigenvalue weighted by Crippen LogP contribution is -2.31. The van der Waals surface area contributed by atoms with Crippen LogP contribution in [0.5, 0.6) is 0 Å². The largest absolute Gasteiger partial charge is 0.303 e. The molecule has 1 aliphatic rings. The summed E-state index contributed by atoms with van der Waals surface area (Å²) in [5.74, 6) is 0. The first-order valence-electron chi connectivity index (χ1n) is 4.65. The third kappa shape index (κ3) is 4.12. The zero-order valence-electron chi connectivity index (χ0n) is 7.35. The zero-order chi connectivity index (χ0) is 8.10. The highest BCUT2D eigenvalue weighted by Crippen LogP contribution is 2.11. The Morgan fingerprint density at radius 1 is 1.27 bits per heavy atom. The molecule has 0 aliphatic carbocycles. The molecule has 1 atom stereocenters. The lowest BCUT2D eigenvalue weighted by atomic mass is 10.1. The molecule has 0 bridgehead atoms. The monoisotopic (exact) mass is 219 g/mol. The van der Waals surface area contributed by atoms with E-state index >= 15 is 0 Å². The van der Waals surface area contributed by atoms with Gasteiger partial charge in [-0.15, -0.1) is 0 Å². The van der Waals surface area contributed by atoms with E-state index in [1.54, 1.807) is 0 Å². The molecule has 0 amide bonds. The minimum Gasteiger partial charge on any atom is -0.303 e. The van der Waals surface area contributed by atoms with Gasteiger partial charge in [0.2, 0.25) is 0 Å². The Balaban J connectivity index is 2.05. The Hall–Kier alpha value is 0.440. The predicted molar refractivity (Wildman–Crippen MR) is 53.3 cm³/mol. The molecule has 0 aromatic rings. The Kier molecular flexibility index (Phi) is 4.46. The first-order valence-corrected chi connectivity index (χ1v) is 5.57. The van der Waals surface area contributed by atoms with Gasteiger partial charge in [-0.1, -0.05) is 29.3 Å². The number of hydrogen-bond acceptors (Lipinski definition) is 1. The SMILES string of the molecule is CC(Br)CCN1CCCCC1. The molecule has 11 heavy (non-hydrogen) atoms. The normalized spacial score (nSPS) is 23.5. The highest BCUT2D eigenvalue weighted by atomic mass is 79.9. The Bertz CT molecular complexity index is 97.7. The summed E-state index contributed by atoms with van der Waals surface area (Å²) in [6.45, 7) is 6.18. The molecule has 1 nitrogen and oxygen atoms in total. The fourth-order valence-corrected chi connectivity index (χ4v) is 1.75. The third-order valence-corrected chi connectivity index (χ3v) is 2.75. The summed E-state index contributed by atoms with van der Waals surface area (Å²) in [7, 11) is 0. The van der Waals surface area contributed by atoms with Gasteiger partial charge in [0.15, 0.2) is 0 Å². The smallest absolute Gasteiger partial charge is 0.0129 e. The molecule has 1 saturated heterocycles. The summed E-state index contributed by atoms with van der Waals surface area (Å²) in [6.07, 6.45) is 5.56. The van der Waals surface area contributed by atoms with Crippen molar-refractivity contribution in [3.63, 3.8) is 0 Å². The first kappa shape index (κ1) is 9.53. The summed E-state index contributed by atoms with van der Waals surface area (Å²) in [5, 5.41) is 0. The van der Waals surface area contributed by atoms with Gasteiger partial charge in [0.25, 0.3) is 0 Å². The van der Waals surface area contributed by atoms with Crippen LogP contribution in [-0.2, 0) is 0 Å². The van der Waals surface area contributed by atoms with E-state index in [4.69, 9.17) is 0 Å². The van der Waals surface area contributed by atoms with Crippen LogP contribution in [-0.4, -0.2) is 29.4 Å². The predicted octanol–water partition coefficient (Wildman–Crippen LogP) is 2.65. The van der Waals surface area contributed by atoms with Crippen LogP contribution < -0.4 is 0 Å². The molecule has 1 fully saturated rings. The van der Waals surface area contributed by atoms with Gasteiger partial charge in [-0.3, -0.25) is 0 Å². The summed E-state index contributed by atoms with van der Waals surface area (Å²) in [6, 6.07) is 0. The van der Waals surface area contributed by atoms with E-state index in [0.29, 0.717) is 4.83 Å². The summed E-state index contributed by atoms with van der Waals surface area (Å²) < 4.78 is 0. The molecule has 0 spiro atoms. The van der Waals surface area contributed by atoms with Crippen LogP contribution in [0.25, 0.3) is 0 Å². The van der Waals surface area contributed by atoms with Crippen molar-refractivity contribution >= 4 is 15.9 Å². The van der Waals surface area contributed by atoms with E-state index in [9.17, 15) is 0 Å². The van der Waals surface area contributed by atoms with E-state index in [0.717, 1.165) is 0 Å². The second-order valence-corrected chi connectivity index (χ2v) is 5.03. The van der Waals surface area contributed by atoms with Crippen LogP contribution in [0.3, 0.4) is 0 Å². The lowest BCUT2D eigenvalue weighted by Gasteiger charge is -2.26. The average molecular weight is 220 g/mol. The standard InChI is InChI=1S/C9H18BrN/c1-9(10)5-8-11-6-3-2-4-7-11/h9H,2-8H2,1H3. The van der Waals surface area contributed by atoms with Crippen molar-refractivity contribution in [2.45, 2.75) is 37.4 Å². The summed E-state index contributed by atoms with van der Waals surface area (Å²) in [4.78, 5) is 3.27. The highest BCUT2D eigenvalue weighted by Gasteiger charge is 2.09. The van der Waals surface area contributed by atoms with Crippen molar-refractivity contribution in [2.24, 2.45) is 0 Å². The van der Waals surface area contributed by atoms with Crippen molar-refractivity contribution in [1.29, 1.82) is 0 Å². The number of piperidine rings is 1. The van der Waals surface area contributed by atoms with Crippen molar-refractivity contribution in [1.82, 2.24) is 4.90 Å². The van der Waals surface area contributed by atoms with Gasteiger partial charge < -0.3 is 4.90 Å². The van der Waals surface area contributed by atoms with E-state index in [-0.39, 0.29) is 0 Å². The van der Waals surface area contributed by atoms with E-state index in [1.165, 1.54) is 45.3 Å². The minimum atomic E-state index is 0.685. The quantitative estimate of drug-likeness (QED) is 0.661. The van der Waals surface area contributed by atoms with Crippen molar-refractivity contribution in [2.75, 3.05) is 19.6 Å². The van der Waals surface area contributed by atoms with Crippen molar-refractivity contribution < 1.29 is 0 Å². The zero-order valence-corrected chi connectivity index (χ0v) is 8.94. The van der Waals surface area contributed by atoms with E-state index in [1.807, 2.05) is 0 Å². The molecular formula is C9H18BrN. The van der Waals surface area contributed by atoms with Crippen LogP contribution in [0, 0.1) is 0 Å². The van der Waals surface area contributed by atoms with Gasteiger partial charge in [0.1, 0.15) is 0 Å². The topological polar surface area (TPSA) is 3.24 Å². The number of nitrogens with zero attached hydrogens (tertiary/aromatic N) is 1. The molecule has 2 heteroatoms. The molecule has 0 N–H and O–H groups in total. The van der Waals surface area contributed by atoms with Gasteiger partial charge in [-0.05, 0) is 38.9 Å². The fourth-order valence-electron chi connectivity index (χ4n) is 1.54. The van der Waals surface area contributed by atoms with Gasteiger partial charge >= 0.3 is 0 Å². The lowest BCUT2D eigenvalue weighted by molar-refractivity contribution is 0.227. The molecule has 1 heterocycles. The van der Waals surface area contributed by atoms with Crippen molar-refractivity contribution in [3.05, 3.63) is 0 Å². The maximum Gasteiger partial charge on any atom is 0.0129 e. The Labute approximate surface area is 78.3 Å². The number of rotatable bonds is 3. The van der Waals surface area contributed by atoms with E-state index < -0.39 is 0 Å². The first-order chi connectivity index (χ1) is 5.29. The molecule has 1 aliphatic heterocycles. The van der Waals surface area contributed by atoms with Crippen LogP contribution in [0.2, 0.25) is 0 Å². The molecule has 66 valence electrons. The van der Waals surface area contributed by atoms with Crippen molar-refractivity contribution in [3.8, 4) is 0 Å². The molecule has 0 radical (unpaired) electrons. The Morgan fingerprint density at radius 3 is 2.45 bits per heavy atom. The second-order valence-electron chi connectivity index (χ2n) is 3.47. The molecular weight excluding hydrogens is 202 g/mol. The van der Waals surface area contributed by atoms with Gasteiger partial charge in [0, 0.05) is 4.83 Å². The van der Waals surface area contributed by atoms with Gasteiger partial charge in [0.05, 0.1) is 0 Å². The average Bonchev–Trinajstić information content (AvgIpc) is 2.03. The second kappa shape index (κ2) is 5.15. The number of alkyl halides is 1. The highest BCUT2D eigenvalue weighted by molar-refractivity contribution is 9.09. The molecule has 0 saturated carbocycles. The molecule has 0 aromatic carbocycles. The van der Waals surface area contributed by atoms with Crippen LogP contribution in [0.4, 0.5) is 0 Å². The summed E-state index contributed by atoms with van der Waals surface area (Å²) >= 11 is 3.57. The number of likely N-dealkylation sites (tertiary alicyclic amines) is 1. The third-order valence-electron chi connectivity index (χ3n) is 2.29. The maximum atomic E-state index is 3.57. The molecule has 1 unspecified atom stereocenters. The molecule has 0 aromatic heterocycles. The fraction of sp³-hybridized carbons (Fsp3) is 1.00. The Morgan fingerprint density at radius 2 is 1.91 bits per heavy atom. The van der Waals surface area contributed by atoms with Crippen LogP contribution >= 0.6 is 15.9 Å². The van der Waals surface area contributed by atoms with Gasteiger partial charge in [-0.2, -0.15) is 0 Å². The van der Waals surface area contributed by atoms with E-state index in [2.05, 4.69) is 27.8 Å². The summed E-state index contributed by atoms with van der Waals surface area (Å²) in [5.41, 5.74) is 0. The number of hydrogen-bond donors (Lipinski definition) is 0. The molecule has 1 rings (SSSR count).